The lowest BCUT2D eigenvalue weighted by Crippen LogP contribution is -2.20. The summed E-state index contributed by atoms with van der Waals surface area (Å²) in [6, 6.07) is 15.6. The second-order valence-corrected chi connectivity index (χ2v) is 4.29. The van der Waals surface area contributed by atoms with E-state index in [1.807, 2.05) is 43.3 Å². The first-order valence-corrected chi connectivity index (χ1v) is 6.48. The van der Waals surface area contributed by atoms with Crippen molar-refractivity contribution in [1.29, 1.82) is 0 Å². The summed E-state index contributed by atoms with van der Waals surface area (Å²) in [6.07, 6.45) is 0. The lowest BCUT2D eigenvalue weighted by atomic mass is 10.1. The van der Waals surface area contributed by atoms with Gasteiger partial charge in [0.05, 0.1) is 6.61 Å². The Bertz CT molecular complexity index is 569. The normalized spacial score (nSPS) is 11.7. The minimum atomic E-state index is -0.928. The Balaban J connectivity index is 2.24. The summed E-state index contributed by atoms with van der Waals surface area (Å²) in [4.78, 5) is 11.5. The summed E-state index contributed by atoms with van der Waals surface area (Å²) in [6.45, 7) is 2.44. The van der Waals surface area contributed by atoms with Gasteiger partial charge in [0, 0.05) is 5.69 Å². The van der Waals surface area contributed by atoms with Gasteiger partial charge in [-0.3, -0.25) is 0 Å². The number of carboxylic acids is 1. The average Bonchev–Trinajstić information content (AvgIpc) is 2.46. The molecule has 0 aliphatic heterocycles. The van der Waals surface area contributed by atoms with Crippen LogP contribution in [0.4, 0.5) is 5.69 Å². The number of benzene rings is 2. The Morgan fingerprint density at radius 2 is 1.95 bits per heavy atom. The van der Waals surface area contributed by atoms with Crippen molar-refractivity contribution in [2.24, 2.45) is 0 Å². The Morgan fingerprint density at radius 3 is 2.60 bits per heavy atom. The fourth-order valence-corrected chi connectivity index (χ4v) is 1.94. The molecule has 2 rings (SSSR count). The van der Waals surface area contributed by atoms with Crippen LogP contribution < -0.4 is 10.1 Å². The molecule has 0 aliphatic carbocycles. The van der Waals surface area contributed by atoms with Gasteiger partial charge in [0.25, 0.3) is 0 Å². The van der Waals surface area contributed by atoms with E-state index in [1.165, 1.54) is 0 Å². The van der Waals surface area contributed by atoms with Gasteiger partial charge in [-0.1, -0.05) is 30.3 Å². The second kappa shape index (κ2) is 6.61. The van der Waals surface area contributed by atoms with Crippen LogP contribution >= 0.6 is 0 Å². The number of anilines is 1. The Hall–Kier alpha value is -2.49. The monoisotopic (exact) mass is 271 g/mol. The fourth-order valence-electron chi connectivity index (χ4n) is 1.94. The van der Waals surface area contributed by atoms with Crippen molar-refractivity contribution in [1.82, 2.24) is 0 Å². The van der Waals surface area contributed by atoms with Crippen molar-refractivity contribution in [3.8, 4) is 5.75 Å². The third-order valence-electron chi connectivity index (χ3n) is 2.83. The quantitative estimate of drug-likeness (QED) is 0.846. The highest BCUT2D eigenvalue weighted by molar-refractivity contribution is 5.79. The molecule has 4 nitrogen and oxygen atoms in total. The summed E-state index contributed by atoms with van der Waals surface area (Å²) in [7, 11) is 0. The number of hydrogen-bond donors (Lipinski definition) is 2. The highest BCUT2D eigenvalue weighted by atomic mass is 16.5. The molecule has 0 aromatic heterocycles. The average molecular weight is 271 g/mol. The number of carboxylic acid groups (broad SMARTS) is 1. The van der Waals surface area contributed by atoms with Crippen molar-refractivity contribution in [3.63, 3.8) is 0 Å². The van der Waals surface area contributed by atoms with E-state index < -0.39 is 12.0 Å². The topological polar surface area (TPSA) is 58.6 Å². The molecule has 2 aromatic carbocycles. The van der Waals surface area contributed by atoms with Crippen molar-refractivity contribution in [2.75, 3.05) is 11.9 Å². The maximum atomic E-state index is 11.5. The van der Waals surface area contributed by atoms with Gasteiger partial charge in [0.2, 0.25) is 0 Å². The number of carbonyl (C=O) groups is 1. The zero-order valence-corrected chi connectivity index (χ0v) is 11.2. The first-order chi connectivity index (χ1) is 9.70. The molecule has 0 aliphatic rings. The zero-order chi connectivity index (χ0) is 14.4. The van der Waals surface area contributed by atoms with Crippen molar-refractivity contribution in [3.05, 3.63) is 60.2 Å². The Morgan fingerprint density at radius 1 is 1.20 bits per heavy atom. The first kappa shape index (κ1) is 13.9. The summed E-state index contributed by atoms with van der Waals surface area (Å²) in [5, 5.41) is 12.4. The second-order valence-electron chi connectivity index (χ2n) is 4.29. The number of hydrogen-bond acceptors (Lipinski definition) is 3. The molecule has 0 bridgehead atoms. The fraction of sp³-hybridized carbons (Fsp3) is 0.188. The van der Waals surface area contributed by atoms with Gasteiger partial charge in [0.15, 0.2) is 6.04 Å². The lowest BCUT2D eigenvalue weighted by Gasteiger charge is -2.17. The molecule has 0 fully saturated rings. The summed E-state index contributed by atoms with van der Waals surface area (Å²) in [5.74, 6) is -0.256. The molecular formula is C16H17NO3. The molecular weight excluding hydrogens is 254 g/mol. The van der Waals surface area contributed by atoms with Gasteiger partial charge in [-0.05, 0) is 36.8 Å². The van der Waals surface area contributed by atoms with E-state index >= 15 is 0 Å². The molecule has 0 amide bonds. The third-order valence-corrected chi connectivity index (χ3v) is 2.83. The van der Waals surface area contributed by atoms with Crippen LogP contribution in [0.2, 0.25) is 0 Å². The van der Waals surface area contributed by atoms with Gasteiger partial charge in [0.1, 0.15) is 5.75 Å². The first-order valence-electron chi connectivity index (χ1n) is 6.48. The minimum absolute atomic E-state index is 0.549. The molecule has 0 heterocycles. The molecule has 0 saturated heterocycles. The molecule has 20 heavy (non-hydrogen) atoms. The third kappa shape index (κ3) is 3.51. The lowest BCUT2D eigenvalue weighted by molar-refractivity contribution is -0.138. The maximum absolute atomic E-state index is 11.5. The van der Waals surface area contributed by atoms with E-state index in [2.05, 4.69) is 5.32 Å². The molecule has 2 aromatic rings. The van der Waals surface area contributed by atoms with E-state index in [0.29, 0.717) is 17.9 Å². The molecule has 1 atom stereocenters. The van der Waals surface area contributed by atoms with Crippen LogP contribution in [-0.4, -0.2) is 17.7 Å². The van der Waals surface area contributed by atoms with Gasteiger partial charge in [-0.15, -0.1) is 0 Å². The van der Waals surface area contributed by atoms with Crippen LogP contribution in [0, 0.1) is 0 Å². The highest BCUT2D eigenvalue weighted by Gasteiger charge is 2.19. The largest absolute Gasteiger partial charge is 0.494 e. The van der Waals surface area contributed by atoms with Crippen LogP contribution in [0.15, 0.2) is 54.6 Å². The standard InChI is InChI=1S/C16H17NO3/c1-2-20-14-10-6-7-12(11-14)15(16(18)19)17-13-8-4-3-5-9-13/h3-11,15,17H,2H2,1H3,(H,18,19). The molecule has 0 spiro atoms. The summed E-state index contributed by atoms with van der Waals surface area (Å²) < 4.78 is 5.41. The molecule has 0 saturated carbocycles. The number of rotatable bonds is 6. The van der Waals surface area contributed by atoms with Crippen molar-refractivity contribution >= 4 is 11.7 Å². The molecule has 0 radical (unpaired) electrons. The van der Waals surface area contributed by atoms with Crippen LogP contribution in [0.3, 0.4) is 0 Å². The molecule has 4 heteroatoms. The predicted octanol–water partition coefficient (Wildman–Crippen LogP) is 3.32. The van der Waals surface area contributed by atoms with Crippen LogP contribution in [0.5, 0.6) is 5.75 Å². The van der Waals surface area contributed by atoms with E-state index in [-0.39, 0.29) is 0 Å². The van der Waals surface area contributed by atoms with Crippen molar-refractivity contribution < 1.29 is 14.6 Å². The summed E-state index contributed by atoms with van der Waals surface area (Å²) >= 11 is 0. The molecule has 1 unspecified atom stereocenters. The number of ether oxygens (including phenoxy) is 1. The van der Waals surface area contributed by atoms with Gasteiger partial charge >= 0.3 is 5.97 Å². The van der Waals surface area contributed by atoms with Crippen LogP contribution in [0.1, 0.15) is 18.5 Å². The number of aliphatic carboxylic acids is 1. The highest BCUT2D eigenvalue weighted by Crippen LogP contribution is 2.23. The van der Waals surface area contributed by atoms with Gasteiger partial charge in [-0.25, -0.2) is 4.79 Å². The predicted molar refractivity (Wildman–Crippen MR) is 78.1 cm³/mol. The smallest absolute Gasteiger partial charge is 0.330 e. The number of para-hydroxylation sites is 1. The number of nitrogens with one attached hydrogen (secondary N) is 1. The van der Waals surface area contributed by atoms with Gasteiger partial charge < -0.3 is 15.2 Å². The molecule has 104 valence electrons. The van der Waals surface area contributed by atoms with E-state index in [0.717, 1.165) is 5.69 Å². The Labute approximate surface area is 118 Å². The van der Waals surface area contributed by atoms with Gasteiger partial charge in [-0.2, -0.15) is 0 Å². The zero-order valence-electron chi connectivity index (χ0n) is 11.2. The van der Waals surface area contributed by atoms with Crippen LogP contribution in [-0.2, 0) is 4.79 Å². The summed E-state index contributed by atoms with van der Waals surface area (Å²) in [5.41, 5.74) is 1.43. The van der Waals surface area contributed by atoms with E-state index in [4.69, 9.17) is 4.74 Å². The Kier molecular flexibility index (Phi) is 4.60. The van der Waals surface area contributed by atoms with E-state index in [1.54, 1.807) is 18.2 Å². The van der Waals surface area contributed by atoms with Crippen molar-refractivity contribution in [2.45, 2.75) is 13.0 Å². The van der Waals surface area contributed by atoms with Crippen LogP contribution in [0.25, 0.3) is 0 Å². The van der Waals surface area contributed by atoms with E-state index in [9.17, 15) is 9.90 Å². The molecule has 2 N–H and O–H groups in total. The maximum Gasteiger partial charge on any atom is 0.330 e. The minimum Gasteiger partial charge on any atom is -0.494 e. The SMILES string of the molecule is CCOc1cccc(C(Nc2ccccc2)C(=O)O)c1.